The summed E-state index contributed by atoms with van der Waals surface area (Å²) >= 11 is 0. The lowest BCUT2D eigenvalue weighted by Crippen LogP contribution is -2.13. The molecule has 0 aliphatic rings. The zero-order valence-corrected chi connectivity index (χ0v) is 9.53. The lowest BCUT2D eigenvalue weighted by atomic mass is 10.1. The van der Waals surface area contributed by atoms with E-state index in [0.717, 1.165) is 11.8 Å². The molecular formula is C10H14O4S. The first-order valence-electron chi connectivity index (χ1n) is 4.45. The van der Waals surface area contributed by atoms with Crippen LogP contribution in [0.4, 0.5) is 0 Å². The smallest absolute Gasteiger partial charge is 0.264 e. The minimum Gasteiger partial charge on any atom is -0.374 e. The molecular weight excluding hydrogens is 216 g/mol. The normalized spacial score (nSPS) is 13.7. The van der Waals surface area contributed by atoms with E-state index in [9.17, 15) is 8.42 Å². The van der Waals surface area contributed by atoms with Gasteiger partial charge in [-0.05, 0) is 5.56 Å². The van der Waals surface area contributed by atoms with Gasteiger partial charge in [-0.1, -0.05) is 30.3 Å². The topological polar surface area (TPSA) is 52.6 Å². The van der Waals surface area contributed by atoms with E-state index in [1.807, 2.05) is 30.3 Å². The summed E-state index contributed by atoms with van der Waals surface area (Å²) in [6, 6.07) is 9.33. The Hall–Kier alpha value is -0.910. The van der Waals surface area contributed by atoms with E-state index >= 15 is 0 Å². The number of methoxy groups -OCH3 is 1. The highest BCUT2D eigenvalue weighted by atomic mass is 32.2. The van der Waals surface area contributed by atoms with Gasteiger partial charge in [0.2, 0.25) is 0 Å². The van der Waals surface area contributed by atoms with Crippen LogP contribution >= 0.6 is 0 Å². The Labute approximate surface area is 90.0 Å². The van der Waals surface area contributed by atoms with Gasteiger partial charge in [-0.25, -0.2) is 0 Å². The molecule has 0 aromatic heterocycles. The first-order valence-corrected chi connectivity index (χ1v) is 6.26. The molecule has 1 aromatic carbocycles. The minimum atomic E-state index is -3.42. The van der Waals surface area contributed by atoms with Gasteiger partial charge in [-0.2, -0.15) is 8.42 Å². The van der Waals surface area contributed by atoms with Crippen molar-refractivity contribution in [2.45, 2.75) is 6.10 Å². The molecule has 15 heavy (non-hydrogen) atoms. The van der Waals surface area contributed by atoms with Crippen LogP contribution in [0.25, 0.3) is 0 Å². The lowest BCUT2D eigenvalue weighted by Gasteiger charge is -2.14. The molecule has 0 radical (unpaired) electrons. The highest BCUT2D eigenvalue weighted by molar-refractivity contribution is 7.85. The van der Waals surface area contributed by atoms with Crippen LogP contribution in [-0.4, -0.2) is 28.4 Å². The van der Waals surface area contributed by atoms with Crippen LogP contribution in [0, 0.1) is 0 Å². The molecule has 4 nitrogen and oxygen atoms in total. The summed E-state index contributed by atoms with van der Waals surface area (Å²) in [4.78, 5) is 0. The van der Waals surface area contributed by atoms with Gasteiger partial charge < -0.3 is 4.74 Å². The quantitative estimate of drug-likeness (QED) is 0.716. The summed E-state index contributed by atoms with van der Waals surface area (Å²) in [5, 5.41) is 0. The molecule has 0 spiro atoms. The van der Waals surface area contributed by atoms with Crippen LogP contribution in [0.3, 0.4) is 0 Å². The molecule has 84 valence electrons. The lowest BCUT2D eigenvalue weighted by molar-refractivity contribution is 0.0602. The highest BCUT2D eigenvalue weighted by Gasteiger charge is 2.13. The van der Waals surface area contributed by atoms with E-state index in [1.165, 1.54) is 7.11 Å². The molecule has 1 atom stereocenters. The molecule has 0 fully saturated rings. The molecule has 1 aromatic rings. The van der Waals surface area contributed by atoms with Gasteiger partial charge >= 0.3 is 0 Å². The van der Waals surface area contributed by atoms with E-state index in [1.54, 1.807) is 0 Å². The third-order valence-corrected chi connectivity index (χ3v) is 2.45. The molecule has 0 bridgehead atoms. The number of hydrogen-bond donors (Lipinski definition) is 0. The van der Waals surface area contributed by atoms with Crippen LogP contribution in [0.2, 0.25) is 0 Å². The predicted molar refractivity (Wildman–Crippen MR) is 57.0 cm³/mol. The minimum absolute atomic E-state index is 0.000648. The molecule has 0 amide bonds. The summed E-state index contributed by atoms with van der Waals surface area (Å²) < 4.78 is 31.4. The third kappa shape index (κ3) is 4.42. The maximum atomic E-state index is 10.8. The Kier molecular flexibility index (Phi) is 4.26. The van der Waals surface area contributed by atoms with Crippen molar-refractivity contribution < 1.29 is 17.3 Å². The zero-order valence-electron chi connectivity index (χ0n) is 8.71. The zero-order chi connectivity index (χ0) is 11.3. The van der Waals surface area contributed by atoms with Crippen molar-refractivity contribution in [2.24, 2.45) is 0 Å². The summed E-state index contributed by atoms with van der Waals surface area (Å²) in [5.41, 5.74) is 0.892. The maximum absolute atomic E-state index is 10.8. The Morgan fingerprint density at radius 1 is 1.27 bits per heavy atom. The van der Waals surface area contributed by atoms with Crippen molar-refractivity contribution in [3.63, 3.8) is 0 Å². The first kappa shape index (κ1) is 12.2. The average Bonchev–Trinajstić information content (AvgIpc) is 2.19. The Balaban J connectivity index is 2.66. The highest BCUT2D eigenvalue weighted by Crippen LogP contribution is 2.16. The monoisotopic (exact) mass is 230 g/mol. The molecule has 1 rings (SSSR count). The SMILES string of the molecule is COC(COS(C)(=O)=O)c1ccccc1. The van der Waals surface area contributed by atoms with Gasteiger partial charge in [-0.15, -0.1) is 0 Å². The summed E-state index contributed by atoms with van der Waals surface area (Å²) in [5.74, 6) is 0. The van der Waals surface area contributed by atoms with E-state index in [-0.39, 0.29) is 12.7 Å². The van der Waals surface area contributed by atoms with E-state index in [4.69, 9.17) is 4.74 Å². The molecule has 0 aliphatic carbocycles. The van der Waals surface area contributed by atoms with E-state index in [2.05, 4.69) is 4.18 Å². The van der Waals surface area contributed by atoms with Crippen LogP contribution in [-0.2, 0) is 19.0 Å². The standard InChI is InChI=1S/C10H14O4S/c1-13-10(8-14-15(2,11)12)9-6-4-3-5-7-9/h3-7,10H,8H2,1-2H3. The number of benzene rings is 1. The Morgan fingerprint density at radius 2 is 1.87 bits per heavy atom. The average molecular weight is 230 g/mol. The first-order chi connectivity index (χ1) is 7.03. The molecule has 5 heteroatoms. The van der Waals surface area contributed by atoms with Gasteiger partial charge in [0, 0.05) is 7.11 Å². The number of ether oxygens (including phenoxy) is 1. The van der Waals surface area contributed by atoms with Crippen molar-refractivity contribution in [1.82, 2.24) is 0 Å². The Bertz CT molecular complexity index is 385. The fourth-order valence-corrected chi connectivity index (χ4v) is 1.52. The van der Waals surface area contributed by atoms with Crippen molar-refractivity contribution in [1.29, 1.82) is 0 Å². The molecule has 0 N–H and O–H groups in total. The van der Waals surface area contributed by atoms with Crippen LogP contribution < -0.4 is 0 Å². The van der Waals surface area contributed by atoms with E-state index < -0.39 is 10.1 Å². The van der Waals surface area contributed by atoms with Gasteiger partial charge in [0.15, 0.2) is 0 Å². The number of rotatable bonds is 5. The Morgan fingerprint density at radius 3 is 2.33 bits per heavy atom. The molecule has 0 saturated heterocycles. The third-order valence-electron chi connectivity index (χ3n) is 1.89. The van der Waals surface area contributed by atoms with Crippen molar-refractivity contribution in [2.75, 3.05) is 20.0 Å². The summed E-state index contributed by atoms with van der Waals surface area (Å²) in [6.07, 6.45) is 0.658. The van der Waals surface area contributed by atoms with E-state index in [0.29, 0.717) is 0 Å². The van der Waals surface area contributed by atoms with Crippen LogP contribution in [0.5, 0.6) is 0 Å². The summed E-state index contributed by atoms with van der Waals surface area (Å²) in [7, 11) is -1.90. The fourth-order valence-electron chi connectivity index (χ4n) is 1.15. The molecule has 1 unspecified atom stereocenters. The predicted octanol–water partition coefficient (Wildman–Crippen LogP) is 1.35. The maximum Gasteiger partial charge on any atom is 0.264 e. The second-order valence-corrected chi connectivity index (χ2v) is 4.77. The molecule has 0 saturated carbocycles. The van der Waals surface area contributed by atoms with Crippen LogP contribution in [0.15, 0.2) is 30.3 Å². The van der Waals surface area contributed by atoms with Crippen LogP contribution in [0.1, 0.15) is 11.7 Å². The van der Waals surface area contributed by atoms with Crippen molar-refractivity contribution in [3.8, 4) is 0 Å². The van der Waals surface area contributed by atoms with Gasteiger partial charge in [0.1, 0.15) is 6.10 Å². The fraction of sp³-hybridized carbons (Fsp3) is 0.400. The number of hydrogen-bond acceptors (Lipinski definition) is 4. The van der Waals surface area contributed by atoms with Crippen molar-refractivity contribution >= 4 is 10.1 Å². The second-order valence-electron chi connectivity index (χ2n) is 3.12. The summed E-state index contributed by atoms with van der Waals surface area (Å²) in [6.45, 7) is -0.000648. The largest absolute Gasteiger partial charge is 0.374 e. The second kappa shape index (κ2) is 5.25. The van der Waals surface area contributed by atoms with Gasteiger partial charge in [0.25, 0.3) is 10.1 Å². The molecule has 0 heterocycles. The van der Waals surface area contributed by atoms with Crippen molar-refractivity contribution in [3.05, 3.63) is 35.9 Å². The van der Waals surface area contributed by atoms with Gasteiger partial charge in [-0.3, -0.25) is 4.18 Å². The molecule has 0 aliphatic heterocycles. The van der Waals surface area contributed by atoms with Gasteiger partial charge in [0.05, 0.1) is 12.9 Å².